The summed E-state index contributed by atoms with van der Waals surface area (Å²) < 4.78 is 11.0. The van der Waals surface area contributed by atoms with Crippen molar-refractivity contribution < 1.29 is 9.47 Å². The Kier molecular flexibility index (Phi) is 11.4. The largest absolute Gasteiger partial charge is 0.497 e. The van der Waals surface area contributed by atoms with E-state index in [1.54, 1.807) is 7.11 Å². The maximum atomic E-state index is 5.79. The molecule has 1 saturated heterocycles. The number of aromatic nitrogens is 1. The number of ether oxygens (including phenoxy) is 2. The second kappa shape index (κ2) is 14.1. The van der Waals surface area contributed by atoms with Gasteiger partial charge in [0.2, 0.25) is 0 Å². The molecule has 1 aliphatic heterocycles. The lowest BCUT2D eigenvalue weighted by Gasteiger charge is -2.37. The number of piperazine rings is 1. The van der Waals surface area contributed by atoms with E-state index in [1.165, 1.54) is 0 Å². The minimum atomic E-state index is 0. The van der Waals surface area contributed by atoms with Crippen LogP contribution in [0.15, 0.2) is 53.7 Å². The molecule has 2 heterocycles. The quantitative estimate of drug-likeness (QED) is 0.228. The van der Waals surface area contributed by atoms with Gasteiger partial charge in [-0.1, -0.05) is 18.2 Å². The maximum absolute atomic E-state index is 5.79. The number of anilines is 1. The zero-order valence-electron chi connectivity index (χ0n) is 18.5. The van der Waals surface area contributed by atoms with Gasteiger partial charge in [0.05, 0.1) is 13.7 Å². The molecule has 7 nitrogen and oxygen atoms in total. The van der Waals surface area contributed by atoms with Crippen molar-refractivity contribution in [3.63, 3.8) is 0 Å². The molecule has 31 heavy (non-hydrogen) atoms. The first-order chi connectivity index (χ1) is 14.8. The number of aliphatic imine (C=N–C) groups is 1. The minimum absolute atomic E-state index is 0. The van der Waals surface area contributed by atoms with Gasteiger partial charge in [-0.05, 0) is 43.2 Å². The molecule has 3 rings (SSSR count). The number of rotatable bonds is 9. The van der Waals surface area contributed by atoms with Crippen molar-refractivity contribution in [1.29, 1.82) is 0 Å². The van der Waals surface area contributed by atoms with Crippen molar-refractivity contribution in [1.82, 2.24) is 15.2 Å². The van der Waals surface area contributed by atoms with Gasteiger partial charge >= 0.3 is 0 Å². The number of guanidine groups is 1. The fraction of sp³-hybridized carbons (Fsp3) is 0.478. The number of hydrogen-bond acceptors (Lipinski definition) is 5. The molecule has 2 aromatic rings. The van der Waals surface area contributed by atoms with E-state index >= 15 is 0 Å². The van der Waals surface area contributed by atoms with E-state index < -0.39 is 0 Å². The maximum Gasteiger partial charge on any atom is 0.194 e. The number of methoxy groups -OCH3 is 1. The van der Waals surface area contributed by atoms with Crippen LogP contribution in [-0.2, 0) is 11.3 Å². The predicted octanol–water partition coefficient (Wildman–Crippen LogP) is 3.40. The smallest absolute Gasteiger partial charge is 0.194 e. The van der Waals surface area contributed by atoms with Gasteiger partial charge < -0.3 is 24.6 Å². The standard InChI is InChI=1S/C23H33N5O2.HI/c1-3-24-23(28-16-14-27(15-17-28)22-7-4-5-12-25-22)26-13-6-18-30-19-20-8-10-21(29-2)11-9-20;/h4-5,7-12H,3,6,13-19H2,1-2H3,(H,24,26);1H. The Morgan fingerprint density at radius 2 is 1.87 bits per heavy atom. The van der Waals surface area contributed by atoms with Gasteiger partial charge in [0.1, 0.15) is 11.6 Å². The Labute approximate surface area is 202 Å². The zero-order valence-corrected chi connectivity index (χ0v) is 20.8. The van der Waals surface area contributed by atoms with Crippen molar-refractivity contribution in [3.05, 3.63) is 54.2 Å². The fourth-order valence-corrected chi connectivity index (χ4v) is 3.38. The summed E-state index contributed by atoms with van der Waals surface area (Å²) in [5, 5.41) is 3.42. The van der Waals surface area contributed by atoms with Gasteiger partial charge in [-0.2, -0.15) is 0 Å². The van der Waals surface area contributed by atoms with Crippen LogP contribution >= 0.6 is 24.0 Å². The highest BCUT2D eigenvalue weighted by Gasteiger charge is 2.20. The summed E-state index contributed by atoms with van der Waals surface area (Å²) in [6, 6.07) is 14.0. The first-order valence-electron chi connectivity index (χ1n) is 10.7. The molecule has 0 atom stereocenters. The summed E-state index contributed by atoms with van der Waals surface area (Å²) in [6.45, 7) is 8.83. The lowest BCUT2D eigenvalue weighted by molar-refractivity contribution is 0.120. The van der Waals surface area contributed by atoms with E-state index in [1.807, 2.05) is 42.6 Å². The van der Waals surface area contributed by atoms with Gasteiger partial charge in [0, 0.05) is 52.1 Å². The zero-order chi connectivity index (χ0) is 21.0. The van der Waals surface area contributed by atoms with Crippen LogP contribution in [0.3, 0.4) is 0 Å². The molecule has 0 aliphatic carbocycles. The monoisotopic (exact) mass is 539 g/mol. The van der Waals surface area contributed by atoms with Gasteiger partial charge in [0.15, 0.2) is 5.96 Å². The molecule has 0 radical (unpaired) electrons. The Bertz CT molecular complexity index is 765. The molecule has 1 fully saturated rings. The van der Waals surface area contributed by atoms with Crippen LogP contribution in [0.2, 0.25) is 0 Å². The molecule has 0 saturated carbocycles. The average Bonchev–Trinajstić information content (AvgIpc) is 2.81. The summed E-state index contributed by atoms with van der Waals surface area (Å²) in [5.74, 6) is 2.91. The molecule has 0 spiro atoms. The van der Waals surface area contributed by atoms with Gasteiger partial charge in [0.25, 0.3) is 0 Å². The highest BCUT2D eigenvalue weighted by atomic mass is 127. The molecule has 1 aromatic heterocycles. The number of benzene rings is 1. The van der Waals surface area contributed by atoms with E-state index in [0.29, 0.717) is 13.2 Å². The highest BCUT2D eigenvalue weighted by Crippen LogP contribution is 2.13. The van der Waals surface area contributed by atoms with Crippen LogP contribution < -0.4 is 15.0 Å². The number of pyridine rings is 1. The Morgan fingerprint density at radius 3 is 2.52 bits per heavy atom. The van der Waals surface area contributed by atoms with Crippen LogP contribution in [0.5, 0.6) is 5.75 Å². The minimum Gasteiger partial charge on any atom is -0.497 e. The van der Waals surface area contributed by atoms with Crippen molar-refractivity contribution in [2.24, 2.45) is 4.99 Å². The summed E-state index contributed by atoms with van der Waals surface area (Å²) >= 11 is 0. The topological polar surface area (TPSA) is 62.2 Å². The Hall–Kier alpha value is -2.07. The van der Waals surface area contributed by atoms with E-state index in [2.05, 4.69) is 33.1 Å². The number of halogens is 1. The molecule has 0 unspecified atom stereocenters. The first-order valence-corrected chi connectivity index (χ1v) is 10.7. The second-order valence-corrected chi connectivity index (χ2v) is 7.15. The first kappa shape index (κ1) is 25.2. The van der Waals surface area contributed by atoms with Crippen LogP contribution in [0.4, 0.5) is 5.82 Å². The summed E-state index contributed by atoms with van der Waals surface area (Å²) in [5.41, 5.74) is 1.15. The average molecular weight is 539 g/mol. The van der Waals surface area contributed by atoms with Gasteiger partial charge in [-0.15, -0.1) is 24.0 Å². The van der Waals surface area contributed by atoms with Crippen LogP contribution in [0, 0.1) is 0 Å². The predicted molar refractivity (Wildman–Crippen MR) is 137 cm³/mol. The molecule has 1 aliphatic rings. The van der Waals surface area contributed by atoms with Gasteiger partial charge in [-0.25, -0.2) is 4.98 Å². The van der Waals surface area contributed by atoms with Crippen LogP contribution in [0.1, 0.15) is 18.9 Å². The third kappa shape index (κ3) is 8.17. The molecular weight excluding hydrogens is 505 g/mol. The third-order valence-corrected chi connectivity index (χ3v) is 5.02. The summed E-state index contributed by atoms with van der Waals surface area (Å²) in [6.07, 6.45) is 2.75. The number of nitrogens with one attached hydrogen (secondary N) is 1. The molecular formula is C23H34IN5O2. The van der Waals surface area contributed by atoms with Gasteiger partial charge in [-0.3, -0.25) is 4.99 Å². The normalized spacial score (nSPS) is 14.2. The van der Waals surface area contributed by atoms with Crippen molar-refractivity contribution >= 4 is 35.8 Å². The molecule has 0 amide bonds. The van der Waals surface area contributed by atoms with E-state index in [-0.39, 0.29) is 24.0 Å². The molecule has 1 N–H and O–H groups in total. The SMILES string of the molecule is CCNC(=NCCCOCc1ccc(OC)cc1)N1CCN(c2ccccn2)CC1.I. The van der Waals surface area contributed by atoms with E-state index in [0.717, 1.165) is 68.8 Å². The third-order valence-electron chi connectivity index (χ3n) is 5.02. The van der Waals surface area contributed by atoms with Crippen LogP contribution in [-0.4, -0.2) is 68.8 Å². The van der Waals surface area contributed by atoms with Crippen LogP contribution in [0.25, 0.3) is 0 Å². The summed E-state index contributed by atoms with van der Waals surface area (Å²) in [7, 11) is 1.67. The Balaban J connectivity index is 0.00000341. The highest BCUT2D eigenvalue weighted by molar-refractivity contribution is 14.0. The summed E-state index contributed by atoms with van der Waals surface area (Å²) in [4.78, 5) is 13.9. The molecule has 170 valence electrons. The molecule has 8 heteroatoms. The number of nitrogens with zero attached hydrogens (tertiary/aromatic N) is 4. The van der Waals surface area contributed by atoms with E-state index in [9.17, 15) is 0 Å². The van der Waals surface area contributed by atoms with Crippen molar-refractivity contribution in [2.75, 3.05) is 57.9 Å². The second-order valence-electron chi connectivity index (χ2n) is 7.15. The Morgan fingerprint density at radius 1 is 1.10 bits per heavy atom. The lowest BCUT2D eigenvalue weighted by atomic mass is 10.2. The van der Waals surface area contributed by atoms with Crippen molar-refractivity contribution in [3.8, 4) is 5.75 Å². The lowest BCUT2D eigenvalue weighted by Crippen LogP contribution is -2.52. The molecule has 0 bridgehead atoms. The molecule has 1 aromatic carbocycles. The number of hydrogen-bond donors (Lipinski definition) is 1. The van der Waals surface area contributed by atoms with Crippen molar-refractivity contribution in [2.45, 2.75) is 20.0 Å². The van der Waals surface area contributed by atoms with E-state index in [4.69, 9.17) is 14.5 Å². The fourth-order valence-electron chi connectivity index (χ4n) is 3.38.